The maximum atomic E-state index is 14.0. The Kier molecular flexibility index (Phi) is 6.95. The minimum atomic E-state index is -0.0936. The third-order valence-corrected chi connectivity index (χ3v) is 8.64. The van der Waals surface area contributed by atoms with Crippen LogP contribution in [0, 0.1) is 6.92 Å². The Bertz CT molecular complexity index is 1380. The molecule has 0 radical (unpaired) electrons. The molecule has 3 fully saturated rings. The summed E-state index contributed by atoms with van der Waals surface area (Å²) in [6.45, 7) is 7.25. The van der Waals surface area contributed by atoms with Gasteiger partial charge in [0, 0.05) is 60.6 Å². The van der Waals surface area contributed by atoms with E-state index >= 15 is 0 Å². The van der Waals surface area contributed by atoms with Gasteiger partial charge < -0.3 is 25.0 Å². The summed E-state index contributed by atoms with van der Waals surface area (Å²) in [5, 5.41) is 14.0. The predicted molar refractivity (Wildman–Crippen MR) is 155 cm³/mol. The van der Waals surface area contributed by atoms with Gasteiger partial charge in [0.05, 0.1) is 24.3 Å². The molecule has 2 N–H and O–H groups in total. The number of fused-ring (bicyclic) bond motifs is 1. The molecule has 1 amide bonds. The fraction of sp³-hybridized carbons (Fsp3) is 0.484. The van der Waals surface area contributed by atoms with Gasteiger partial charge in [-0.05, 0) is 88.2 Å². The number of nitrogens with one attached hydrogen (secondary N) is 1. The van der Waals surface area contributed by atoms with Gasteiger partial charge in [-0.15, -0.1) is 0 Å². The number of rotatable bonds is 7. The molecule has 0 spiro atoms. The van der Waals surface area contributed by atoms with Crippen molar-refractivity contribution in [2.75, 3.05) is 63.7 Å². The molecule has 206 valence electrons. The van der Waals surface area contributed by atoms with E-state index in [2.05, 4.69) is 57.3 Å². The Morgan fingerprint density at radius 3 is 2.67 bits per heavy atom. The zero-order chi connectivity index (χ0) is 27.1. The number of pyridine rings is 1. The molecule has 1 aliphatic carbocycles. The molecule has 1 unspecified atom stereocenters. The molecular weight excluding hydrogens is 490 g/mol. The predicted octanol–water partition coefficient (Wildman–Crippen LogP) is 4.35. The van der Waals surface area contributed by atoms with E-state index in [1.54, 1.807) is 6.07 Å². The normalized spacial score (nSPS) is 21.0. The van der Waals surface area contributed by atoms with Crippen LogP contribution >= 0.6 is 0 Å². The van der Waals surface area contributed by atoms with Crippen molar-refractivity contribution in [3.05, 3.63) is 59.2 Å². The SMILES string of the molecule is Cc1cc(O)nc2ccc(NC(=O)c3cc(C4(N5CCOCC5)CC4)ccc3N3CCCC3CN(C)C)cc12. The summed E-state index contributed by atoms with van der Waals surface area (Å²) in [7, 11) is 4.23. The molecule has 39 heavy (non-hydrogen) atoms. The summed E-state index contributed by atoms with van der Waals surface area (Å²) in [6, 6.07) is 14.3. The van der Waals surface area contributed by atoms with Gasteiger partial charge in [0.1, 0.15) is 0 Å². The molecule has 2 saturated heterocycles. The summed E-state index contributed by atoms with van der Waals surface area (Å²) < 4.78 is 5.63. The number of aromatic hydroxyl groups is 1. The molecular formula is C31H39N5O3. The summed E-state index contributed by atoms with van der Waals surface area (Å²) in [5.41, 5.74) is 5.34. The Morgan fingerprint density at radius 2 is 1.92 bits per heavy atom. The largest absolute Gasteiger partial charge is 0.493 e. The molecule has 3 aliphatic rings. The molecule has 0 bridgehead atoms. The van der Waals surface area contributed by atoms with Crippen LogP contribution in [0.5, 0.6) is 5.88 Å². The van der Waals surface area contributed by atoms with Crippen LogP contribution < -0.4 is 10.2 Å². The Morgan fingerprint density at radius 1 is 1.13 bits per heavy atom. The summed E-state index contributed by atoms with van der Waals surface area (Å²) in [6.07, 6.45) is 4.49. The lowest BCUT2D eigenvalue weighted by atomic mass is 9.97. The van der Waals surface area contributed by atoms with Gasteiger partial charge in [-0.2, -0.15) is 0 Å². The molecule has 1 saturated carbocycles. The van der Waals surface area contributed by atoms with Crippen molar-refractivity contribution in [3.8, 4) is 5.88 Å². The number of carbonyl (C=O) groups excluding carboxylic acids is 1. The first-order chi connectivity index (χ1) is 18.8. The second kappa shape index (κ2) is 10.4. The second-order valence-corrected chi connectivity index (χ2v) is 11.6. The van der Waals surface area contributed by atoms with Crippen molar-refractivity contribution in [2.24, 2.45) is 0 Å². The molecule has 3 aromatic rings. The number of aryl methyl sites for hydroxylation is 1. The number of anilines is 2. The number of hydrogen-bond acceptors (Lipinski definition) is 7. The molecule has 1 aromatic heterocycles. The van der Waals surface area contributed by atoms with Gasteiger partial charge in [-0.1, -0.05) is 6.07 Å². The van der Waals surface area contributed by atoms with E-state index in [9.17, 15) is 9.90 Å². The smallest absolute Gasteiger partial charge is 0.257 e. The van der Waals surface area contributed by atoms with Crippen LogP contribution in [0.25, 0.3) is 10.9 Å². The minimum absolute atomic E-state index is 0.00501. The Balaban J connectivity index is 1.36. The van der Waals surface area contributed by atoms with E-state index < -0.39 is 0 Å². The average Bonchev–Trinajstić information content (AvgIpc) is 3.62. The highest BCUT2D eigenvalue weighted by Gasteiger charge is 2.50. The molecule has 1 atom stereocenters. The highest BCUT2D eigenvalue weighted by molar-refractivity contribution is 6.09. The number of ether oxygens (including phenoxy) is 1. The number of amides is 1. The van der Waals surface area contributed by atoms with E-state index in [4.69, 9.17) is 4.74 Å². The molecule has 2 aliphatic heterocycles. The van der Waals surface area contributed by atoms with Gasteiger partial charge in [0.15, 0.2) is 0 Å². The van der Waals surface area contributed by atoms with E-state index in [-0.39, 0.29) is 17.3 Å². The van der Waals surface area contributed by atoms with Gasteiger partial charge in [0.25, 0.3) is 5.91 Å². The highest BCUT2D eigenvalue weighted by atomic mass is 16.5. The fourth-order valence-electron chi connectivity index (χ4n) is 6.57. The summed E-state index contributed by atoms with van der Waals surface area (Å²) in [5.74, 6) is -0.0886. The Labute approximate surface area is 230 Å². The van der Waals surface area contributed by atoms with Crippen LogP contribution in [0.4, 0.5) is 11.4 Å². The highest BCUT2D eigenvalue weighted by Crippen LogP contribution is 2.52. The number of aromatic nitrogens is 1. The van der Waals surface area contributed by atoms with Crippen LogP contribution in [0.15, 0.2) is 42.5 Å². The summed E-state index contributed by atoms with van der Waals surface area (Å²) in [4.78, 5) is 25.5. The first-order valence-corrected chi connectivity index (χ1v) is 14.1. The standard InChI is InChI=1S/C31H39N5O3/c1-21-17-29(37)33-27-8-7-23(19-25(21)27)32-30(38)26-18-22(31(10-11-31)35-13-15-39-16-14-35)6-9-28(26)36-12-4-5-24(36)20-34(2)3/h6-9,17-19,24H,4-5,10-16,20H2,1-3H3,(H,32,38)(H,33,37). The van der Waals surface area contributed by atoms with Crippen molar-refractivity contribution < 1.29 is 14.6 Å². The molecule has 8 heteroatoms. The number of hydrogen-bond donors (Lipinski definition) is 2. The second-order valence-electron chi connectivity index (χ2n) is 11.6. The first kappa shape index (κ1) is 26.0. The monoisotopic (exact) mass is 529 g/mol. The quantitative estimate of drug-likeness (QED) is 0.471. The van der Waals surface area contributed by atoms with Crippen LogP contribution in [-0.4, -0.2) is 85.3 Å². The number of morpholine rings is 1. The minimum Gasteiger partial charge on any atom is -0.493 e. The van der Waals surface area contributed by atoms with Crippen molar-refractivity contribution in [1.29, 1.82) is 0 Å². The van der Waals surface area contributed by atoms with Crippen molar-refractivity contribution in [3.63, 3.8) is 0 Å². The molecule has 6 rings (SSSR count). The number of nitrogens with zero attached hydrogens (tertiary/aromatic N) is 4. The van der Waals surface area contributed by atoms with Crippen molar-refractivity contribution in [2.45, 2.75) is 44.2 Å². The average molecular weight is 530 g/mol. The van der Waals surface area contributed by atoms with Crippen LogP contribution in [-0.2, 0) is 10.3 Å². The van der Waals surface area contributed by atoms with Gasteiger partial charge in [-0.3, -0.25) is 9.69 Å². The number of likely N-dealkylation sites (N-methyl/N-ethyl adjacent to an activating group) is 1. The lowest BCUT2D eigenvalue weighted by Crippen LogP contribution is -2.44. The van der Waals surface area contributed by atoms with Gasteiger partial charge >= 0.3 is 0 Å². The maximum Gasteiger partial charge on any atom is 0.257 e. The van der Waals surface area contributed by atoms with E-state index in [1.807, 2.05) is 25.1 Å². The Hall–Kier alpha value is -3.20. The lowest BCUT2D eigenvalue weighted by Gasteiger charge is -2.36. The number of carbonyl (C=O) groups is 1. The first-order valence-electron chi connectivity index (χ1n) is 14.1. The summed E-state index contributed by atoms with van der Waals surface area (Å²) >= 11 is 0. The van der Waals surface area contributed by atoms with Crippen molar-refractivity contribution in [1.82, 2.24) is 14.8 Å². The molecule has 8 nitrogen and oxygen atoms in total. The van der Waals surface area contributed by atoms with E-state index in [1.165, 1.54) is 5.56 Å². The van der Waals surface area contributed by atoms with Crippen LogP contribution in [0.3, 0.4) is 0 Å². The van der Waals surface area contributed by atoms with Gasteiger partial charge in [0.2, 0.25) is 5.88 Å². The van der Waals surface area contributed by atoms with Gasteiger partial charge in [-0.25, -0.2) is 4.98 Å². The third kappa shape index (κ3) is 5.09. The molecule has 2 aromatic carbocycles. The van der Waals surface area contributed by atoms with Crippen LogP contribution in [0.2, 0.25) is 0 Å². The van der Waals surface area contributed by atoms with E-state index in [0.717, 1.165) is 93.0 Å². The zero-order valence-electron chi connectivity index (χ0n) is 23.2. The van der Waals surface area contributed by atoms with Crippen LogP contribution in [0.1, 0.15) is 47.2 Å². The maximum absolute atomic E-state index is 14.0. The molecule has 3 heterocycles. The number of benzene rings is 2. The zero-order valence-corrected chi connectivity index (χ0v) is 23.2. The topological polar surface area (TPSA) is 81.2 Å². The third-order valence-electron chi connectivity index (χ3n) is 8.64. The lowest BCUT2D eigenvalue weighted by molar-refractivity contribution is 0.00834. The van der Waals surface area contributed by atoms with E-state index in [0.29, 0.717) is 11.6 Å². The van der Waals surface area contributed by atoms with Crippen molar-refractivity contribution >= 4 is 28.2 Å². The fourth-order valence-corrected chi connectivity index (χ4v) is 6.57.